The molecule has 3 rings (SSSR count). The van der Waals surface area contributed by atoms with E-state index in [0.29, 0.717) is 42.5 Å². The van der Waals surface area contributed by atoms with Crippen molar-refractivity contribution < 1.29 is 18.0 Å². The largest absolute Gasteiger partial charge is 0.366 e. The maximum absolute atomic E-state index is 13.4. The van der Waals surface area contributed by atoms with Crippen molar-refractivity contribution in [2.75, 3.05) is 28.6 Å². The summed E-state index contributed by atoms with van der Waals surface area (Å²) in [4.78, 5) is 19.2. The third-order valence-corrected chi connectivity index (χ3v) is 4.95. The summed E-state index contributed by atoms with van der Waals surface area (Å²) in [7, 11) is 0. The summed E-state index contributed by atoms with van der Waals surface area (Å²) in [6, 6.07) is 13.1. The maximum Gasteiger partial charge on any atom is 0.228 e. The van der Waals surface area contributed by atoms with Gasteiger partial charge in [0.25, 0.3) is 0 Å². The van der Waals surface area contributed by atoms with E-state index in [1.807, 2.05) is 18.7 Å². The predicted molar refractivity (Wildman–Crippen MR) is 120 cm³/mol. The van der Waals surface area contributed by atoms with Gasteiger partial charge in [-0.25, -0.2) is 18.2 Å². The van der Waals surface area contributed by atoms with Crippen LogP contribution in [-0.4, -0.2) is 24.0 Å². The zero-order valence-corrected chi connectivity index (χ0v) is 18.0. The lowest BCUT2D eigenvalue weighted by Crippen LogP contribution is -2.26. The van der Waals surface area contributed by atoms with Crippen LogP contribution in [0.2, 0.25) is 0 Å². The number of nitrogens with one attached hydrogen (secondary N) is 2. The van der Waals surface area contributed by atoms with Crippen molar-refractivity contribution in [1.82, 2.24) is 4.98 Å². The van der Waals surface area contributed by atoms with E-state index in [2.05, 4.69) is 15.6 Å². The van der Waals surface area contributed by atoms with Crippen LogP contribution in [0.25, 0.3) is 0 Å². The van der Waals surface area contributed by atoms with Gasteiger partial charge < -0.3 is 15.5 Å². The van der Waals surface area contributed by atoms with Gasteiger partial charge in [0.1, 0.15) is 11.6 Å². The van der Waals surface area contributed by atoms with Crippen molar-refractivity contribution in [1.29, 1.82) is 0 Å². The zero-order valence-electron chi connectivity index (χ0n) is 18.0. The highest BCUT2D eigenvalue weighted by Gasteiger charge is 2.15. The van der Waals surface area contributed by atoms with Crippen LogP contribution in [-0.2, 0) is 17.8 Å². The summed E-state index contributed by atoms with van der Waals surface area (Å²) in [6.45, 7) is 5.79. The Kier molecular flexibility index (Phi) is 7.70. The normalized spacial score (nSPS) is 10.7. The quantitative estimate of drug-likeness (QED) is 0.482. The fourth-order valence-electron chi connectivity index (χ4n) is 3.23. The molecule has 0 atom stereocenters. The molecule has 1 amide bonds. The molecular formula is C24H25F3N4O. The predicted octanol–water partition coefficient (Wildman–Crippen LogP) is 5.14. The van der Waals surface area contributed by atoms with Crippen LogP contribution in [0.1, 0.15) is 25.0 Å². The van der Waals surface area contributed by atoms with Gasteiger partial charge in [-0.1, -0.05) is 18.2 Å². The molecule has 168 valence electrons. The number of halogens is 3. The molecular weight excluding hydrogens is 417 g/mol. The number of anilines is 3. The van der Waals surface area contributed by atoms with Gasteiger partial charge in [-0.05, 0) is 61.4 Å². The number of carbonyl (C=O) groups excluding carboxylic acids is 1. The van der Waals surface area contributed by atoms with Gasteiger partial charge >= 0.3 is 0 Å². The van der Waals surface area contributed by atoms with E-state index in [0.717, 1.165) is 17.7 Å². The molecule has 0 radical (unpaired) electrons. The topological polar surface area (TPSA) is 57.3 Å². The molecule has 32 heavy (non-hydrogen) atoms. The fraction of sp³-hybridized carbons (Fsp3) is 0.250. The SMILES string of the molecule is CCN(CC)c1nc(NCc2ccc(F)cc2)ccc1NC(=O)Cc1ccc(F)c(F)c1. The van der Waals surface area contributed by atoms with Crippen molar-refractivity contribution in [3.05, 3.63) is 83.2 Å². The fourth-order valence-corrected chi connectivity index (χ4v) is 3.23. The number of pyridine rings is 1. The van der Waals surface area contributed by atoms with Crippen molar-refractivity contribution in [2.24, 2.45) is 0 Å². The lowest BCUT2D eigenvalue weighted by Gasteiger charge is -2.24. The van der Waals surface area contributed by atoms with Crippen LogP contribution < -0.4 is 15.5 Å². The van der Waals surface area contributed by atoms with Crippen molar-refractivity contribution >= 4 is 23.2 Å². The molecule has 0 saturated carbocycles. The summed E-state index contributed by atoms with van der Waals surface area (Å²) in [5.41, 5.74) is 1.80. The highest BCUT2D eigenvalue weighted by atomic mass is 19.2. The summed E-state index contributed by atoms with van der Waals surface area (Å²) in [6.07, 6.45) is -0.0978. The molecule has 0 unspecified atom stereocenters. The van der Waals surface area contributed by atoms with Crippen molar-refractivity contribution in [2.45, 2.75) is 26.8 Å². The van der Waals surface area contributed by atoms with Crippen LogP contribution in [0, 0.1) is 17.5 Å². The van der Waals surface area contributed by atoms with Crippen molar-refractivity contribution in [3.8, 4) is 0 Å². The summed E-state index contributed by atoms with van der Waals surface area (Å²) >= 11 is 0. The molecule has 0 saturated heterocycles. The maximum atomic E-state index is 13.4. The minimum absolute atomic E-state index is 0.0978. The Morgan fingerprint density at radius 1 is 0.906 bits per heavy atom. The molecule has 8 heteroatoms. The van der Waals surface area contributed by atoms with Crippen LogP contribution >= 0.6 is 0 Å². The van der Waals surface area contributed by atoms with E-state index in [-0.39, 0.29) is 18.1 Å². The van der Waals surface area contributed by atoms with Crippen molar-refractivity contribution in [3.63, 3.8) is 0 Å². The molecule has 0 aliphatic carbocycles. The van der Waals surface area contributed by atoms with Crippen LogP contribution in [0.15, 0.2) is 54.6 Å². The van der Waals surface area contributed by atoms with Crippen LogP contribution in [0.3, 0.4) is 0 Å². The number of carbonyl (C=O) groups is 1. The van der Waals surface area contributed by atoms with Gasteiger partial charge in [0, 0.05) is 19.6 Å². The van der Waals surface area contributed by atoms with E-state index >= 15 is 0 Å². The molecule has 2 aromatic carbocycles. The van der Waals surface area contributed by atoms with Crippen LogP contribution in [0.4, 0.5) is 30.5 Å². The molecule has 5 nitrogen and oxygen atoms in total. The Hall–Kier alpha value is -3.55. The van der Waals surface area contributed by atoms with Gasteiger partial charge in [0.2, 0.25) is 5.91 Å². The lowest BCUT2D eigenvalue weighted by atomic mass is 10.1. The molecule has 1 aromatic heterocycles. The Bertz CT molecular complexity index is 1070. The van der Waals surface area contributed by atoms with Gasteiger partial charge in [0.15, 0.2) is 17.5 Å². The van der Waals surface area contributed by atoms with Gasteiger partial charge in [-0.3, -0.25) is 4.79 Å². The minimum Gasteiger partial charge on any atom is -0.366 e. The summed E-state index contributed by atoms with van der Waals surface area (Å²) in [5, 5.41) is 6.03. The highest BCUT2D eigenvalue weighted by Crippen LogP contribution is 2.26. The molecule has 0 aliphatic heterocycles. The van der Waals surface area contributed by atoms with E-state index in [9.17, 15) is 18.0 Å². The second kappa shape index (κ2) is 10.7. The first kappa shape index (κ1) is 23.1. The minimum atomic E-state index is -0.989. The van der Waals surface area contributed by atoms with Gasteiger partial charge in [-0.2, -0.15) is 0 Å². The number of rotatable bonds is 9. The third kappa shape index (κ3) is 6.00. The molecule has 0 aliphatic rings. The lowest BCUT2D eigenvalue weighted by molar-refractivity contribution is -0.115. The Morgan fingerprint density at radius 2 is 1.59 bits per heavy atom. The van der Waals surface area contributed by atoms with Gasteiger partial charge in [-0.15, -0.1) is 0 Å². The van der Waals surface area contributed by atoms with Gasteiger partial charge in [0.05, 0.1) is 12.1 Å². The Morgan fingerprint density at radius 3 is 2.25 bits per heavy atom. The molecule has 0 spiro atoms. The molecule has 2 N–H and O–H groups in total. The van der Waals surface area contributed by atoms with E-state index < -0.39 is 11.6 Å². The first-order valence-corrected chi connectivity index (χ1v) is 10.4. The number of aromatic nitrogens is 1. The molecule has 1 heterocycles. The Labute approximate surface area is 185 Å². The average Bonchev–Trinajstić information content (AvgIpc) is 2.78. The highest BCUT2D eigenvalue weighted by molar-refractivity contribution is 5.95. The molecule has 0 bridgehead atoms. The van der Waals surface area contributed by atoms with E-state index in [1.165, 1.54) is 18.2 Å². The smallest absolute Gasteiger partial charge is 0.228 e. The third-order valence-electron chi connectivity index (χ3n) is 4.95. The second-order valence-corrected chi connectivity index (χ2v) is 7.19. The number of benzene rings is 2. The Balaban J connectivity index is 1.75. The van der Waals surface area contributed by atoms with E-state index in [1.54, 1.807) is 24.3 Å². The molecule has 3 aromatic rings. The average molecular weight is 442 g/mol. The number of amides is 1. The number of hydrogen-bond acceptors (Lipinski definition) is 4. The second-order valence-electron chi connectivity index (χ2n) is 7.19. The van der Waals surface area contributed by atoms with Crippen LogP contribution in [0.5, 0.6) is 0 Å². The molecule has 0 fully saturated rings. The first-order valence-electron chi connectivity index (χ1n) is 10.4. The monoisotopic (exact) mass is 442 g/mol. The zero-order chi connectivity index (χ0) is 23.1. The first-order chi connectivity index (χ1) is 15.4. The summed E-state index contributed by atoms with van der Waals surface area (Å²) in [5.74, 6) is -1.40. The number of hydrogen-bond donors (Lipinski definition) is 2. The summed E-state index contributed by atoms with van der Waals surface area (Å²) < 4.78 is 39.6. The standard InChI is InChI=1S/C24H25F3N4O/c1-3-31(4-2)24-21(29-23(32)14-17-7-10-19(26)20(27)13-17)11-12-22(30-24)28-15-16-5-8-18(25)9-6-16/h5-13H,3-4,14-15H2,1-2H3,(H,28,30)(H,29,32). The van der Waals surface area contributed by atoms with E-state index in [4.69, 9.17) is 0 Å². The number of nitrogens with zero attached hydrogens (tertiary/aromatic N) is 2.